The average Bonchev–Trinajstić information content (AvgIpc) is 2.17. The van der Waals surface area contributed by atoms with Crippen LogP contribution in [0.15, 0.2) is 22.7 Å². The summed E-state index contributed by atoms with van der Waals surface area (Å²) in [5, 5.41) is 2.24. The van der Waals surface area contributed by atoms with Gasteiger partial charge in [0, 0.05) is 0 Å². The molecule has 0 amide bonds. The highest BCUT2D eigenvalue weighted by Gasteiger charge is 2.39. The minimum atomic E-state index is -4.32. The number of rotatable bonds is 3. The van der Waals surface area contributed by atoms with Crippen LogP contribution in [0.4, 0.5) is 13.2 Å². The Morgan fingerprint density at radius 3 is 2.38 bits per heavy atom. The van der Waals surface area contributed by atoms with Crippen molar-refractivity contribution in [2.45, 2.75) is 12.2 Å². The Hall–Kier alpha value is -0.750. The number of halogens is 4. The molecule has 0 saturated carbocycles. The van der Waals surface area contributed by atoms with Gasteiger partial charge in [-0.05, 0) is 40.7 Å². The van der Waals surface area contributed by atoms with E-state index in [0.29, 0.717) is 10.2 Å². The SMILES string of the molecule is CNC(c1ccc(OC)c(Br)c1)C(F)(F)F. The van der Waals surface area contributed by atoms with Crippen LogP contribution >= 0.6 is 15.9 Å². The predicted octanol–water partition coefficient (Wildman–Crippen LogP) is 3.28. The normalized spacial score (nSPS) is 13.6. The summed E-state index contributed by atoms with van der Waals surface area (Å²) in [4.78, 5) is 0. The molecule has 6 heteroatoms. The second kappa shape index (κ2) is 5.05. The van der Waals surface area contributed by atoms with Crippen LogP contribution in [0.2, 0.25) is 0 Å². The van der Waals surface area contributed by atoms with E-state index in [1.54, 1.807) is 0 Å². The molecule has 0 aliphatic heterocycles. The molecule has 0 saturated heterocycles. The molecule has 0 spiro atoms. The standard InChI is InChI=1S/C10H11BrF3NO/c1-15-9(10(12,13)14)6-3-4-8(16-2)7(11)5-6/h3-5,9,15H,1-2H3. The van der Waals surface area contributed by atoms with Gasteiger partial charge in [-0.15, -0.1) is 0 Å². The first-order valence-corrected chi connectivity index (χ1v) is 5.27. The van der Waals surface area contributed by atoms with Gasteiger partial charge in [0.25, 0.3) is 0 Å². The van der Waals surface area contributed by atoms with Gasteiger partial charge in [0.05, 0.1) is 11.6 Å². The fourth-order valence-electron chi connectivity index (χ4n) is 1.38. The number of alkyl halides is 3. The highest BCUT2D eigenvalue weighted by molar-refractivity contribution is 9.10. The lowest BCUT2D eigenvalue weighted by Crippen LogP contribution is -2.31. The molecule has 0 aliphatic rings. The topological polar surface area (TPSA) is 21.3 Å². The Bertz CT molecular complexity index is 368. The molecule has 16 heavy (non-hydrogen) atoms. The number of hydrogen-bond donors (Lipinski definition) is 1. The maximum atomic E-state index is 12.6. The fourth-order valence-corrected chi connectivity index (χ4v) is 1.94. The van der Waals surface area contributed by atoms with E-state index in [0.717, 1.165) is 0 Å². The van der Waals surface area contributed by atoms with Crippen LogP contribution in [0.3, 0.4) is 0 Å². The molecule has 90 valence electrons. The number of ether oxygens (including phenoxy) is 1. The molecule has 0 fully saturated rings. The van der Waals surface area contributed by atoms with Gasteiger partial charge in [0.1, 0.15) is 11.8 Å². The minimum absolute atomic E-state index is 0.141. The molecule has 1 aromatic rings. The summed E-state index contributed by atoms with van der Waals surface area (Å²) in [6.45, 7) is 0. The molecular weight excluding hydrogens is 287 g/mol. The van der Waals surface area contributed by atoms with E-state index in [-0.39, 0.29) is 5.56 Å². The lowest BCUT2D eigenvalue weighted by Gasteiger charge is -2.20. The first-order chi connectivity index (χ1) is 7.40. The van der Waals surface area contributed by atoms with Gasteiger partial charge in [-0.1, -0.05) is 6.07 Å². The summed E-state index contributed by atoms with van der Waals surface area (Å²) < 4.78 is 43.3. The van der Waals surface area contributed by atoms with E-state index in [2.05, 4.69) is 21.2 Å². The maximum absolute atomic E-state index is 12.6. The van der Waals surface area contributed by atoms with Crippen molar-refractivity contribution >= 4 is 15.9 Å². The Balaban J connectivity index is 3.08. The average molecular weight is 298 g/mol. The van der Waals surface area contributed by atoms with Crippen LogP contribution in [0, 0.1) is 0 Å². The van der Waals surface area contributed by atoms with Gasteiger partial charge >= 0.3 is 6.18 Å². The summed E-state index contributed by atoms with van der Waals surface area (Å²) in [6, 6.07) is 2.61. The van der Waals surface area contributed by atoms with Gasteiger partial charge in [-0.25, -0.2) is 0 Å². The quantitative estimate of drug-likeness (QED) is 0.924. The van der Waals surface area contributed by atoms with Crippen molar-refractivity contribution in [3.05, 3.63) is 28.2 Å². The van der Waals surface area contributed by atoms with E-state index in [1.807, 2.05) is 0 Å². The van der Waals surface area contributed by atoms with Crippen molar-refractivity contribution in [1.82, 2.24) is 5.32 Å². The number of benzene rings is 1. The predicted molar refractivity (Wildman–Crippen MR) is 58.5 cm³/mol. The molecule has 1 rings (SSSR count). The van der Waals surface area contributed by atoms with E-state index >= 15 is 0 Å². The smallest absolute Gasteiger partial charge is 0.407 e. The zero-order valence-electron chi connectivity index (χ0n) is 8.73. The molecule has 0 aromatic heterocycles. The first kappa shape index (κ1) is 13.3. The monoisotopic (exact) mass is 297 g/mol. The molecule has 0 aliphatic carbocycles. The van der Waals surface area contributed by atoms with Gasteiger partial charge in [0.15, 0.2) is 0 Å². The Morgan fingerprint density at radius 1 is 1.38 bits per heavy atom. The molecule has 2 nitrogen and oxygen atoms in total. The molecule has 0 radical (unpaired) electrons. The van der Waals surface area contributed by atoms with Gasteiger partial charge in [-0.2, -0.15) is 13.2 Å². The first-order valence-electron chi connectivity index (χ1n) is 4.47. The summed E-state index contributed by atoms with van der Waals surface area (Å²) in [7, 11) is 2.73. The van der Waals surface area contributed by atoms with Crippen LogP contribution < -0.4 is 10.1 Å². The minimum Gasteiger partial charge on any atom is -0.496 e. The number of methoxy groups -OCH3 is 1. The van der Waals surface area contributed by atoms with Crippen LogP contribution in [-0.2, 0) is 0 Å². The third-order valence-electron chi connectivity index (χ3n) is 2.13. The fraction of sp³-hybridized carbons (Fsp3) is 0.400. The van der Waals surface area contributed by atoms with E-state index in [9.17, 15) is 13.2 Å². The van der Waals surface area contributed by atoms with Crippen molar-refractivity contribution in [3.8, 4) is 5.75 Å². The van der Waals surface area contributed by atoms with Crippen LogP contribution in [-0.4, -0.2) is 20.3 Å². The van der Waals surface area contributed by atoms with Gasteiger partial charge in [-0.3, -0.25) is 0 Å². The maximum Gasteiger partial charge on any atom is 0.407 e. The summed E-state index contributed by atoms with van der Waals surface area (Å²) in [5.74, 6) is 0.501. The van der Waals surface area contributed by atoms with Crippen LogP contribution in [0.25, 0.3) is 0 Å². The Kier molecular flexibility index (Phi) is 4.21. The second-order valence-electron chi connectivity index (χ2n) is 3.16. The lowest BCUT2D eigenvalue weighted by molar-refractivity contribution is -0.156. The molecule has 1 N–H and O–H groups in total. The van der Waals surface area contributed by atoms with Crippen molar-refractivity contribution in [2.75, 3.05) is 14.2 Å². The zero-order chi connectivity index (χ0) is 12.3. The summed E-state index contributed by atoms with van der Waals surface area (Å²) >= 11 is 3.15. The van der Waals surface area contributed by atoms with Crippen molar-refractivity contribution in [1.29, 1.82) is 0 Å². The van der Waals surface area contributed by atoms with Crippen LogP contribution in [0.5, 0.6) is 5.75 Å². The van der Waals surface area contributed by atoms with Crippen molar-refractivity contribution in [3.63, 3.8) is 0 Å². The summed E-state index contributed by atoms with van der Waals surface area (Å²) in [5.41, 5.74) is 0.141. The molecule has 0 heterocycles. The van der Waals surface area contributed by atoms with Crippen molar-refractivity contribution < 1.29 is 17.9 Å². The summed E-state index contributed by atoms with van der Waals surface area (Å²) in [6.07, 6.45) is -4.32. The molecule has 0 bridgehead atoms. The van der Waals surface area contributed by atoms with Crippen molar-refractivity contribution in [2.24, 2.45) is 0 Å². The number of nitrogens with one attached hydrogen (secondary N) is 1. The zero-order valence-corrected chi connectivity index (χ0v) is 10.3. The van der Waals surface area contributed by atoms with Gasteiger partial charge in [0.2, 0.25) is 0 Å². The largest absolute Gasteiger partial charge is 0.496 e. The molecule has 1 unspecified atom stereocenters. The second-order valence-corrected chi connectivity index (χ2v) is 4.01. The van der Waals surface area contributed by atoms with Gasteiger partial charge < -0.3 is 10.1 Å². The third-order valence-corrected chi connectivity index (χ3v) is 2.74. The van der Waals surface area contributed by atoms with Crippen LogP contribution in [0.1, 0.15) is 11.6 Å². The molecular formula is C10H11BrF3NO. The van der Waals surface area contributed by atoms with E-state index < -0.39 is 12.2 Å². The molecule has 1 atom stereocenters. The lowest BCUT2D eigenvalue weighted by atomic mass is 10.1. The highest BCUT2D eigenvalue weighted by Crippen LogP contribution is 2.35. The third kappa shape index (κ3) is 2.89. The Morgan fingerprint density at radius 2 is 2.00 bits per heavy atom. The number of hydrogen-bond acceptors (Lipinski definition) is 2. The highest BCUT2D eigenvalue weighted by atomic mass is 79.9. The Labute approximate surface area is 99.9 Å². The van der Waals surface area contributed by atoms with E-state index in [4.69, 9.17) is 4.74 Å². The van der Waals surface area contributed by atoms with E-state index in [1.165, 1.54) is 32.4 Å². The molecule has 1 aromatic carbocycles.